The molecule has 21 heavy (non-hydrogen) atoms. The number of nitrogens with two attached hydrogens (primary N) is 1. The van der Waals surface area contributed by atoms with Crippen LogP contribution in [-0.4, -0.2) is 10.9 Å². The van der Waals surface area contributed by atoms with Crippen LogP contribution in [0.1, 0.15) is 11.6 Å². The number of carbonyl (C=O) groups is 1. The maximum Gasteiger partial charge on any atom is 0.245 e. The molecule has 1 aromatic heterocycles. The van der Waals surface area contributed by atoms with E-state index in [4.69, 9.17) is 5.73 Å². The van der Waals surface area contributed by atoms with E-state index in [-0.39, 0.29) is 5.91 Å². The van der Waals surface area contributed by atoms with Crippen LogP contribution in [0, 0.1) is 0 Å². The fourth-order valence-corrected chi connectivity index (χ4v) is 2.24. The third kappa shape index (κ3) is 2.75. The van der Waals surface area contributed by atoms with Gasteiger partial charge in [0.2, 0.25) is 5.91 Å². The van der Waals surface area contributed by atoms with Gasteiger partial charge < -0.3 is 11.1 Å². The molecule has 0 aliphatic rings. The molecule has 1 amide bonds. The number of hydrogen-bond donors (Lipinski definition) is 2. The normalized spacial score (nSPS) is 12.0. The molecule has 0 saturated heterocycles. The van der Waals surface area contributed by atoms with E-state index in [1.807, 2.05) is 54.6 Å². The Morgan fingerprint density at radius 1 is 1.05 bits per heavy atom. The van der Waals surface area contributed by atoms with Crippen molar-refractivity contribution < 1.29 is 4.79 Å². The van der Waals surface area contributed by atoms with Crippen molar-refractivity contribution >= 4 is 22.4 Å². The minimum Gasteiger partial charge on any atom is -0.324 e. The first-order valence-corrected chi connectivity index (χ1v) is 6.70. The van der Waals surface area contributed by atoms with Crippen LogP contribution in [0.4, 0.5) is 5.69 Å². The minimum atomic E-state index is -0.696. The lowest BCUT2D eigenvalue weighted by molar-refractivity contribution is -0.117. The third-order valence-corrected chi connectivity index (χ3v) is 3.38. The van der Waals surface area contributed by atoms with Gasteiger partial charge in [-0.1, -0.05) is 42.5 Å². The molecule has 3 N–H and O–H groups in total. The van der Waals surface area contributed by atoms with Gasteiger partial charge >= 0.3 is 0 Å². The Labute approximate surface area is 122 Å². The van der Waals surface area contributed by atoms with E-state index in [1.54, 1.807) is 12.4 Å². The Hall–Kier alpha value is -2.72. The van der Waals surface area contributed by atoms with E-state index in [0.717, 1.165) is 22.0 Å². The van der Waals surface area contributed by atoms with Crippen molar-refractivity contribution in [2.24, 2.45) is 5.73 Å². The topological polar surface area (TPSA) is 68.0 Å². The van der Waals surface area contributed by atoms with E-state index in [2.05, 4.69) is 10.3 Å². The van der Waals surface area contributed by atoms with E-state index < -0.39 is 6.04 Å². The summed E-state index contributed by atoms with van der Waals surface area (Å²) in [6, 6.07) is 16.2. The van der Waals surface area contributed by atoms with Gasteiger partial charge in [-0.2, -0.15) is 0 Å². The van der Waals surface area contributed by atoms with Crippen LogP contribution in [0.5, 0.6) is 0 Å². The van der Waals surface area contributed by atoms with Crippen LogP contribution in [0.15, 0.2) is 67.0 Å². The molecule has 104 valence electrons. The maximum atomic E-state index is 12.3. The van der Waals surface area contributed by atoms with Crippen LogP contribution >= 0.6 is 0 Å². The molecule has 1 unspecified atom stereocenters. The Kier molecular flexibility index (Phi) is 3.62. The van der Waals surface area contributed by atoms with Gasteiger partial charge in [-0.25, -0.2) is 0 Å². The fourth-order valence-electron chi connectivity index (χ4n) is 2.24. The summed E-state index contributed by atoms with van der Waals surface area (Å²) in [5.41, 5.74) is 7.51. The Morgan fingerprint density at radius 2 is 1.86 bits per heavy atom. The van der Waals surface area contributed by atoms with Crippen LogP contribution in [0.25, 0.3) is 10.8 Å². The third-order valence-electron chi connectivity index (χ3n) is 3.38. The molecular formula is C17H15N3O. The van der Waals surface area contributed by atoms with Crippen molar-refractivity contribution in [1.29, 1.82) is 0 Å². The molecule has 4 heteroatoms. The van der Waals surface area contributed by atoms with Crippen molar-refractivity contribution in [2.75, 3.05) is 5.32 Å². The van der Waals surface area contributed by atoms with E-state index in [9.17, 15) is 4.79 Å². The molecule has 1 heterocycles. The number of carbonyl (C=O) groups excluding carboxylic acids is 1. The van der Waals surface area contributed by atoms with Crippen molar-refractivity contribution in [2.45, 2.75) is 6.04 Å². The molecule has 0 aliphatic heterocycles. The zero-order valence-corrected chi connectivity index (χ0v) is 11.4. The summed E-state index contributed by atoms with van der Waals surface area (Å²) in [6.45, 7) is 0. The number of hydrogen-bond acceptors (Lipinski definition) is 3. The Morgan fingerprint density at radius 3 is 2.67 bits per heavy atom. The molecule has 2 aromatic carbocycles. The smallest absolute Gasteiger partial charge is 0.245 e. The molecule has 3 aromatic rings. The number of benzene rings is 2. The molecule has 0 spiro atoms. The summed E-state index contributed by atoms with van der Waals surface area (Å²) in [6.07, 6.45) is 3.46. The highest BCUT2D eigenvalue weighted by Crippen LogP contribution is 2.23. The quantitative estimate of drug-likeness (QED) is 0.773. The summed E-state index contributed by atoms with van der Waals surface area (Å²) in [4.78, 5) is 16.4. The molecule has 0 saturated carbocycles. The second-order valence-electron chi connectivity index (χ2n) is 4.78. The van der Waals surface area contributed by atoms with E-state index in [1.165, 1.54) is 0 Å². The summed E-state index contributed by atoms with van der Waals surface area (Å²) in [5, 5.41) is 4.80. The number of aromatic nitrogens is 1. The van der Waals surface area contributed by atoms with Crippen LogP contribution in [0.3, 0.4) is 0 Å². The molecule has 0 bridgehead atoms. The highest BCUT2D eigenvalue weighted by molar-refractivity contribution is 6.03. The predicted octanol–water partition coefficient (Wildman–Crippen LogP) is 2.87. The van der Waals surface area contributed by atoms with Gasteiger partial charge in [0.05, 0.1) is 5.69 Å². The van der Waals surface area contributed by atoms with Crippen LogP contribution in [0.2, 0.25) is 0 Å². The van der Waals surface area contributed by atoms with Crippen molar-refractivity contribution in [3.05, 3.63) is 72.6 Å². The zero-order valence-electron chi connectivity index (χ0n) is 11.4. The van der Waals surface area contributed by atoms with Crippen molar-refractivity contribution in [1.82, 2.24) is 4.98 Å². The molecule has 1 atom stereocenters. The average Bonchev–Trinajstić information content (AvgIpc) is 2.55. The fraction of sp³-hybridized carbons (Fsp3) is 0.0588. The Bertz CT molecular complexity index is 766. The summed E-state index contributed by atoms with van der Waals surface area (Å²) < 4.78 is 0. The second-order valence-corrected chi connectivity index (χ2v) is 4.78. The highest BCUT2D eigenvalue weighted by Gasteiger charge is 2.16. The lowest BCUT2D eigenvalue weighted by Gasteiger charge is -2.13. The molecule has 4 nitrogen and oxygen atoms in total. The lowest BCUT2D eigenvalue weighted by atomic mass is 10.1. The number of amides is 1. The highest BCUT2D eigenvalue weighted by atomic mass is 16.2. The van der Waals surface area contributed by atoms with Gasteiger partial charge in [0, 0.05) is 17.8 Å². The molecule has 0 radical (unpaired) electrons. The number of fused-ring (bicyclic) bond motifs is 1. The first kappa shape index (κ1) is 13.3. The van der Waals surface area contributed by atoms with E-state index in [0.29, 0.717) is 0 Å². The standard InChI is InChI=1S/C17H15N3O/c18-16(13-5-2-1-3-6-13)17(21)20-15-8-4-7-12-9-10-19-11-14(12)15/h1-11,16H,18H2,(H,20,21). The lowest BCUT2D eigenvalue weighted by Crippen LogP contribution is -2.27. The van der Waals surface area contributed by atoms with Gasteiger partial charge in [0.15, 0.2) is 0 Å². The number of nitrogens with one attached hydrogen (secondary N) is 1. The van der Waals surface area contributed by atoms with Crippen LogP contribution in [-0.2, 0) is 4.79 Å². The van der Waals surface area contributed by atoms with Gasteiger partial charge in [0.1, 0.15) is 6.04 Å². The Balaban J connectivity index is 1.87. The second kappa shape index (κ2) is 5.73. The van der Waals surface area contributed by atoms with Gasteiger partial charge in [-0.3, -0.25) is 9.78 Å². The molecule has 3 rings (SSSR count). The predicted molar refractivity (Wildman–Crippen MR) is 83.7 cm³/mol. The first-order valence-electron chi connectivity index (χ1n) is 6.70. The number of anilines is 1. The van der Waals surface area contributed by atoms with Gasteiger partial charge in [0.25, 0.3) is 0 Å². The number of nitrogens with zero attached hydrogens (tertiary/aromatic N) is 1. The summed E-state index contributed by atoms with van der Waals surface area (Å²) in [5.74, 6) is -0.238. The molecule has 0 aliphatic carbocycles. The summed E-state index contributed by atoms with van der Waals surface area (Å²) >= 11 is 0. The van der Waals surface area contributed by atoms with Gasteiger partial charge in [-0.05, 0) is 23.1 Å². The monoisotopic (exact) mass is 277 g/mol. The number of pyridine rings is 1. The van der Waals surface area contributed by atoms with Gasteiger partial charge in [-0.15, -0.1) is 0 Å². The first-order chi connectivity index (χ1) is 10.3. The maximum absolute atomic E-state index is 12.3. The molecular weight excluding hydrogens is 262 g/mol. The largest absolute Gasteiger partial charge is 0.324 e. The van der Waals surface area contributed by atoms with Crippen molar-refractivity contribution in [3.8, 4) is 0 Å². The SMILES string of the molecule is NC(C(=O)Nc1cccc2ccncc12)c1ccccc1. The minimum absolute atomic E-state index is 0.238. The average molecular weight is 277 g/mol. The van der Waals surface area contributed by atoms with E-state index >= 15 is 0 Å². The summed E-state index contributed by atoms with van der Waals surface area (Å²) in [7, 11) is 0. The zero-order chi connectivity index (χ0) is 14.7. The van der Waals surface area contributed by atoms with Crippen LogP contribution < -0.4 is 11.1 Å². The van der Waals surface area contributed by atoms with Crippen molar-refractivity contribution in [3.63, 3.8) is 0 Å². The number of rotatable bonds is 3. The molecule has 0 fully saturated rings.